The van der Waals surface area contributed by atoms with Gasteiger partial charge in [-0.05, 0) is 75.4 Å². The molecule has 0 bridgehead atoms. The standard InChI is InChI=1S/C35H43N3O9/c1-23-16-17-28(45-33(39)25-12-7-6-8-13-25)32-29(46-35(3,4)47-32)15-11-14-26-20-27(42-19-10-9-18-37-38-36)21-30(43-22-41-5)31(26)34(40)44-24(23)2/h6-8,11-14,16-17,20-21,23-24,28-29,32H,9-10,15,18-19,22H2,1-5H3/t23-,24+,28?,29+,32?/m1/s1. The van der Waals surface area contributed by atoms with Crippen molar-refractivity contribution in [3.8, 4) is 11.5 Å². The summed E-state index contributed by atoms with van der Waals surface area (Å²) < 4.78 is 41.5. The van der Waals surface area contributed by atoms with E-state index in [9.17, 15) is 9.59 Å². The highest BCUT2D eigenvalue weighted by Gasteiger charge is 2.45. The summed E-state index contributed by atoms with van der Waals surface area (Å²) >= 11 is 0. The monoisotopic (exact) mass is 649 g/mol. The van der Waals surface area contributed by atoms with Crippen LogP contribution in [0.2, 0.25) is 0 Å². The van der Waals surface area contributed by atoms with Gasteiger partial charge in [0.05, 0.1) is 18.3 Å². The summed E-state index contributed by atoms with van der Waals surface area (Å²) in [6.07, 6.45) is 6.57. The Kier molecular flexibility index (Phi) is 12.8. The molecule has 47 heavy (non-hydrogen) atoms. The zero-order valence-electron chi connectivity index (χ0n) is 27.5. The van der Waals surface area contributed by atoms with Crippen molar-refractivity contribution < 1.29 is 42.7 Å². The van der Waals surface area contributed by atoms with Crippen LogP contribution >= 0.6 is 0 Å². The first-order chi connectivity index (χ1) is 22.6. The maximum Gasteiger partial charge on any atom is 0.342 e. The fourth-order valence-corrected chi connectivity index (χ4v) is 5.21. The average Bonchev–Trinajstić information content (AvgIpc) is 3.36. The molecular formula is C35H43N3O9. The van der Waals surface area contributed by atoms with Gasteiger partial charge < -0.3 is 33.2 Å². The van der Waals surface area contributed by atoms with Crippen molar-refractivity contribution in [3.63, 3.8) is 0 Å². The summed E-state index contributed by atoms with van der Waals surface area (Å²) in [4.78, 5) is 29.7. The molecule has 0 aliphatic carbocycles. The summed E-state index contributed by atoms with van der Waals surface area (Å²) in [6.45, 7) is 7.99. The number of rotatable bonds is 11. The molecule has 2 aliphatic heterocycles. The van der Waals surface area contributed by atoms with Crippen LogP contribution in [-0.2, 0) is 23.7 Å². The predicted octanol–water partition coefficient (Wildman–Crippen LogP) is 7.04. The number of carbonyl (C=O) groups excluding carboxylic acids is 2. The zero-order chi connectivity index (χ0) is 33.8. The lowest BCUT2D eigenvalue weighted by molar-refractivity contribution is -0.152. The van der Waals surface area contributed by atoms with Gasteiger partial charge in [-0.25, -0.2) is 9.59 Å². The van der Waals surface area contributed by atoms with Gasteiger partial charge in [0.15, 0.2) is 12.6 Å². The average molecular weight is 650 g/mol. The molecule has 2 unspecified atom stereocenters. The van der Waals surface area contributed by atoms with Crippen molar-refractivity contribution in [1.82, 2.24) is 0 Å². The Morgan fingerprint density at radius 3 is 2.62 bits per heavy atom. The number of hydrogen-bond donors (Lipinski definition) is 0. The molecule has 5 atom stereocenters. The fraction of sp³-hybridized carbons (Fsp3) is 0.486. The largest absolute Gasteiger partial charge is 0.493 e. The maximum absolute atomic E-state index is 13.7. The second kappa shape index (κ2) is 17.0. The number of azide groups is 1. The third-order valence-electron chi connectivity index (χ3n) is 7.73. The van der Waals surface area contributed by atoms with E-state index in [1.165, 1.54) is 7.11 Å². The molecule has 2 heterocycles. The third-order valence-corrected chi connectivity index (χ3v) is 7.73. The van der Waals surface area contributed by atoms with Crippen LogP contribution in [0.1, 0.15) is 73.2 Å². The summed E-state index contributed by atoms with van der Waals surface area (Å²) in [5.41, 5.74) is 9.66. The van der Waals surface area contributed by atoms with E-state index in [4.69, 9.17) is 38.7 Å². The van der Waals surface area contributed by atoms with Gasteiger partial charge in [0.1, 0.15) is 35.4 Å². The maximum atomic E-state index is 13.7. The summed E-state index contributed by atoms with van der Waals surface area (Å²) in [7, 11) is 1.49. The van der Waals surface area contributed by atoms with Gasteiger partial charge in [0.2, 0.25) is 0 Å². The first kappa shape index (κ1) is 35.5. The number of esters is 2. The predicted molar refractivity (Wildman–Crippen MR) is 174 cm³/mol. The molecule has 1 saturated heterocycles. The molecule has 0 spiro atoms. The number of cyclic esters (lactones) is 1. The summed E-state index contributed by atoms with van der Waals surface area (Å²) in [5.74, 6) is -1.53. The molecule has 0 amide bonds. The third kappa shape index (κ3) is 10.1. The number of carbonyl (C=O) groups is 2. The molecule has 0 saturated carbocycles. The van der Waals surface area contributed by atoms with Crippen molar-refractivity contribution in [2.24, 2.45) is 11.0 Å². The van der Waals surface area contributed by atoms with Crippen LogP contribution in [0.3, 0.4) is 0 Å². The molecule has 12 nitrogen and oxygen atoms in total. The van der Waals surface area contributed by atoms with Gasteiger partial charge in [0.25, 0.3) is 0 Å². The molecule has 2 aromatic rings. The number of methoxy groups -OCH3 is 1. The molecule has 12 heteroatoms. The van der Waals surface area contributed by atoms with Crippen LogP contribution in [0.25, 0.3) is 16.5 Å². The van der Waals surface area contributed by atoms with Gasteiger partial charge in [-0.3, -0.25) is 0 Å². The minimum Gasteiger partial charge on any atom is -0.493 e. The number of ether oxygens (including phenoxy) is 7. The normalized spacial score (nSPS) is 23.8. The lowest BCUT2D eigenvalue weighted by atomic mass is 9.98. The minimum atomic E-state index is -0.932. The SMILES string of the molecule is COCOc1cc(OCCCCN=[N+]=[N-])cc2c1C(=O)O[C@@H](C)[C@H](C)C=CC(OC(=O)c1ccccc1)C1OC(C)(C)O[C@H]1CC=C2. The Morgan fingerprint density at radius 1 is 1.09 bits per heavy atom. The van der Waals surface area contributed by atoms with Crippen molar-refractivity contribution >= 4 is 18.0 Å². The number of hydrogen-bond acceptors (Lipinski definition) is 10. The molecule has 0 aromatic heterocycles. The van der Waals surface area contributed by atoms with Crippen molar-refractivity contribution in [2.75, 3.05) is 27.1 Å². The Hall–Kier alpha value is -4.35. The molecule has 4 rings (SSSR count). The van der Waals surface area contributed by atoms with Gasteiger partial charge in [-0.15, -0.1) is 0 Å². The van der Waals surface area contributed by atoms with Gasteiger partial charge in [-0.2, -0.15) is 0 Å². The molecule has 0 radical (unpaired) electrons. The molecule has 1 fully saturated rings. The molecule has 252 valence electrons. The van der Waals surface area contributed by atoms with E-state index >= 15 is 0 Å². The number of fused-ring (bicyclic) bond motifs is 2. The second-order valence-electron chi connectivity index (χ2n) is 11.8. The van der Waals surface area contributed by atoms with E-state index in [1.807, 2.05) is 39.0 Å². The fourth-order valence-electron chi connectivity index (χ4n) is 5.21. The lowest BCUT2D eigenvalue weighted by Crippen LogP contribution is -2.37. The van der Waals surface area contributed by atoms with Crippen LogP contribution in [0.5, 0.6) is 11.5 Å². The topological polar surface area (TPSA) is 148 Å². The van der Waals surface area contributed by atoms with E-state index < -0.39 is 42.1 Å². The van der Waals surface area contributed by atoms with E-state index in [2.05, 4.69) is 10.0 Å². The first-order valence-corrected chi connectivity index (χ1v) is 15.7. The highest BCUT2D eigenvalue weighted by molar-refractivity contribution is 5.97. The van der Waals surface area contributed by atoms with Crippen molar-refractivity contribution in [3.05, 3.63) is 87.8 Å². The number of unbranched alkanes of at least 4 members (excludes halogenated alkanes) is 1. The van der Waals surface area contributed by atoms with Gasteiger partial charge >= 0.3 is 11.9 Å². The zero-order valence-corrected chi connectivity index (χ0v) is 27.5. The van der Waals surface area contributed by atoms with Crippen LogP contribution in [0.15, 0.2) is 65.8 Å². The first-order valence-electron chi connectivity index (χ1n) is 15.7. The quantitative estimate of drug-likeness (QED) is 0.0475. The molecule has 0 N–H and O–H groups in total. The molecule has 2 aromatic carbocycles. The van der Waals surface area contributed by atoms with E-state index in [1.54, 1.807) is 55.5 Å². The highest BCUT2D eigenvalue weighted by atomic mass is 16.8. The number of benzene rings is 2. The van der Waals surface area contributed by atoms with Crippen LogP contribution in [0.4, 0.5) is 0 Å². The van der Waals surface area contributed by atoms with Crippen LogP contribution in [0, 0.1) is 5.92 Å². The Balaban J connectivity index is 1.69. The Labute approximate surface area is 275 Å². The van der Waals surface area contributed by atoms with E-state index in [-0.39, 0.29) is 24.0 Å². The second-order valence-corrected chi connectivity index (χ2v) is 11.8. The van der Waals surface area contributed by atoms with Crippen LogP contribution in [-0.4, -0.2) is 69.2 Å². The molecular weight excluding hydrogens is 606 g/mol. The Morgan fingerprint density at radius 2 is 1.87 bits per heavy atom. The van der Waals surface area contributed by atoms with Crippen molar-refractivity contribution in [1.29, 1.82) is 0 Å². The van der Waals surface area contributed by atoms with Crippen molar-refractivity contribution in [2.45, 2.75) is 77.2 Å². The van der Waals surface area contributed by atoms with E-state index in [0.717, 1.165) is 0 Å². The Bertz CT molecular complexity index is 1470. The van der Waals surface area contributed by atoms with Gasteiger partial charge in [-0.1, -0.05) is 48.5 Å². The van der Waals surface area contributed by atoms with Crippen LogP contribution < -0.4 is 9.47 Å². The number of nitrogens with zero attached hydrogens (tertiary/aromatic N) is 3. The minimum absolute atomic E-state index is 0.0964. The molecule has 2 aliphatic rings. The highest BCUT2D eigenvalue weighted by Crippen LogP contribution is 2.36. The lowest BCUT2D eigenvalue weighted by Gasteiger charge is -2.25. The van der Waals surface area contributed by atoms with E-state index in [0.29, 0.717) is 49.3 Å². The summed E-state index contributed by atoms with van der Waals surface area (Å²) in [6, 6.07) is 12.1. The summed E-state index contributed by atoms with van der Waals surface area (Å²) in [5, 5.41) is 3.55. The smallest absolute Gasteiger partial charge is 0.342 e. The van der Waals surface area contributed by atoms with Gasteiger partial charge in [0, 0.05) is 30.6 Å².